The third-order valence-corrected chi connectivity index (χ3v) is 15.5. The SMILES string of the molecule is CC.CC(=Nc1c(N)c2c(c3ccccc13)C=C=C=C2)c1cccc(-c2cc(-c3cccc(-c4cnc5c6ccccc6c6ccccc6c5n4)c3)cc(-c3cccc(-c4cnc5c6ccccc6c6ccccc6c5n4)c3)c2)c1. The molecule has 2 N–H and O–H groups in total. The molecule has 0 amide bonds. The summed E-state index contributed by atoms with van der Waals surface area (Å²) in [6.45, 7) is 6.06. The van der Waals surface area contributed by atoms with E-state index in [1.54, 1.807) is 0 Å². The first-order valence-electron chi connectivity index (χ1n) is 27.2. The fraction of sp³-hybridized carbons (Fsp3) is 0.0405. The van der Waals surface area contributed by atoms with Crippen LogP contribution >= 0.6 is 0 Å². The Morgan fingerprint density at radius 3 is 1.20 bits per heavy atom. The highest BCUT2D eigenvalue weighted by atomic mass is 14.8. The normalized spacial score (nSPS) is 12.0. The van der Waals surface area contributed by atoms with Crippen molar-refractivity contribution < 1.29 is 0 Å². The first-order valence-corrected chi connectivity index (χ1v) is 27.2. The standard InChI is InChI=1S/C72H44N6.C2H6/c1-43(76-68-60-30-9-3-24-54(60)53-23-2-8-29-59(53)67(68)73)44-17-14-18-45(35-44)50-38-51(46-19-15-21-48(36-46)65-41-74-69-61-31-10-4-25-55(61)57-27-6-12-33-63(57)71(69)77-65)40-52(39-50)47-20-16-22-49(37-47)66-42-75-70-62-32-11-5-26-56(62)58-28-7-13-34-64(58)72(70)78-66;1-2/h3-7,9-42H,73H2,1H3;1-2H3. The molecule has 1 aliphatic carbocycles. The van der Waals surface area contributed by atoms with Crippen molar-refractivity contribution in [2.24, 2.45) is 4.99 Å². The number of aliphatic imine (C=N–C) groups is 1. The molecule has 376 valence electrons. The second kappa shape index (κ2) is 19.8. The lowest BCUT2D eigenvalue weighted by Gasteiger charge is -2.16. The highest BCUT2D eigenvalue weighted by molar-refractivity contribution is 6.24. The van der Waals surface area contributed by atoms with Crippen LogP contribution in [0.15, 0.2) is 241 Å². The summed E-state index contributed by atoms with van der Waals surface area (Å²) in [7, 11) is 0. The Bertz CT molecular complexity index is 4750. The van der Waals surface area contributed by atoms with Crippen molar-refractivity contribution in [1.82, 2.24) is 19.9 Å². The fourth-order valence-corrected chi connectivity index (χ4v) is 11.7. The summed E-state index contributed by atoms with van der Waals surface area (Å²) in [5.74, 6) is 0. The number of benzene rings is 12. The predicted molar refractivity (Wildman–Crippen MR) is 337 cm³/mol. The maximum absolute atomic E-state index is 6.95. The number of hydrogen-bond donors (Lipinski definition) is 1. The summed E-state index contributed by atoms with van der Waals surface area (Å²) >= 11 is 0. The van der Waals surface area contributed by atoms with Crippen molar-refractivity contribution in [3.63, 3.8) is 0 Å². The third kappa shape index (κ3) is 8.11. The Morgan fingerprint density at radius 1 is 0.362 bits per heavy atom. The average Bonchev–Trinajstić information content (AvgIpc) is 3.58. The monoisotopic (exact) mass is 1020 g/mol. The molecule has 6 nitrogen and oxygen atoms in total. The van der Waals surface area contributed by atoms with Gasteiger partial charge >= 0.3 is 0 Å². The van der Waals surface area contributed by atoms with E-state index in [4.69, 9.17) is 30.7 Å². The summed E-state index contributed by atoms with van der Waals surface area (Å²) in [5, 5.41) is 11.1. The average molecular weight is 1020 g/mol. The van der Waals surface area contributed by atoms with Crippen LogP contribution < -0.4 is 5.73 Å². The molecule has 0 saturated carbocycles. The van der Waals surface area contributed by atoms with Crippen LogP contribution in [0.4, 0.5) is 11.4 Å². The quantitative estimate of drug-likeness (QED) is 0.0743. The second-order valence-electron chi connectivity index (χ2n) is 20.0. The van der Waals surface area contributed by atoms with Gasteiger partial charge in [-0.2, -0.15) is 0 Å². The van der Waals surface area contributed by atoms with Crippen LogP contribution in [0.1, 0.15) is 37.5 Å². The van der Waals surface area contributed by atoms with Crippen LogP contribution in [0.5, 0.6) is 0 Å². The van der Waals surface area contributed by atoms with Gasteiger partial charge in [0.2, 0.25) is 0 Å². The number of fused-ring (bicyclic) bond motifs is 15. The molecule has 14 aromatic rings. The summed E-state index contributed by atoms with van der Waals surface area (Å²) < 4.78 is 0. The minimum atomic E-state index is 0.624. The number of anilines is 1. The molecule has 1 aliphatic rings. The minimum Gasteiger partial charge on any atom is -0.396 e. The van der Waals surface area contributed by atoms with Crippen LogP contribution in [0.2, 0.25) is 0 Å². The van der Waals surface area contributed by atoms with Gasteiger partial charge in [0, 0.05) is 54.9 Å². The van der Waals surface area contributed by atoms with Crippen LogP contribution in [0, 0.1) is 0 Å². The van der Waals surface area contributed by atoms with Gasteiger partial charge in [-0.05, 0) is 121 Å². The molecule has 15 rings (SSSR count). The van der Waals surface area contributed by atoms with E-state index in [2.05, 4.69) is 225 Å². The summed E-state index contributed by atoms with van der Waals surface area (Å²) in [5.41, 5.74) is 31.8. The van der Waals surface area contributed by atoms with E-state index in [1.807, 2.05) is 44.5 Å². The topological polar surface area (TPSA) is 89.9 Å². The molecule has 12 aromatic carbocycles. The van der Waals surface area contributed by atoms with E-state index < -0.39 is 0 Å². The molecule has 0 saturated heterocycles. The van der Waals surface area contributed by atoms with E-state index in [0.717, 1.165) is 138 Å². The van der Waals surface area contributed by atoms with Crippen molar-refractivity contribution >= 4 is 105 Å². The van der Waals surface area contributed by atoms with E-state index in [9.17, 15) is 0 Å². The number of nitrogen functional groups attached to an aromatic ring is 1. The number of hydrogen-bond acceptors (Lipinski definition) is 6. The largest absolute Gasteiger partial charge is 0.396 e. The van der Waals surface area contributed by atoms with Crippen LogP contribution in [0.25, 0.3) is 144 Å². The van der Waals surface area contributed by atoms with Crippen molar-refractivity contribution in [2.75, 3.05) is 5.73 Å². The maximum Gasteiger partial charge on any atom is 0.0979 e. The minimum absolute atomic E-state index is 0.624. The Labute approximate surface area is 463 Å². The lowest BCUT2D eigenvalue weighted by Crippen LogP contribution is -1.99. The number of nitrogens with zero attached hydrogens (tertiary/aromatic N) is 5. The summed E-state index contributed by atoms with van der Waals surface area (Å²) in [6, 6.07) is 75.0. The van der Waals surface area contributed by atoms with Gasteiger partial charge in [0.15, 0.2) is 0 Å². The van der Waals surface area contributed by atoms with Crippen molar-refractivity contribution in [1.29, 1.82) is 0 Å². The van der Waals surface area contributed by atoms with E-state index >= 15 is 0 Å². The highest BCUT2D eigenvalue weighted by Gasteiger charge is 2.19. The number of rotatable bonds is 7. The zero-order valence-electron chi connectivity index (χ0n) is 44.3. The number of aromatic nitrogens is 4. The van der Waals surface area contributed by atoms with E-state index in [0.29, 0.717) is 5.69 Å². The Kier molecular flexibility index (Phi) is 11.8. The lowest BCUT2D eigenvalue weighted by molar-refractivity contribution is 1.31. The molecule has 6 heteroatoms. The van der Waals surface area contributed by atoms with Gasteiger partial charge in [-0.25, -0.2) is 9.97 Å². The maximum atomic E-state index is 6.95. The molecule has 0 atom stereocenters. The van der Waals surface area contributed by atoms with Crippen LogP contribution in [0.3, 0.4) is 0 Å². The van der Waals surface area contributed by atoms with Crippen molar-refractivity contribution in [2.45, 2.75) is 20.8 Å². The Balaban J connectivity index is 0.00000285. The molecule has 80 heavy (non-hydrogen) atoms. The summed E-state index contributed by atoms with van der Waals surface area (Å²) in [4.78, 5) is 26.3. The highest BCUT2D eigenvalue weighted by Crippen LogP contribution is 2.43. The lowest BCUT2D eigenvalue weighted by atomic mass is 9.91. The van der Waals surface area contributed by atoms with Gasteiger partial charge < -0.3 is 5.73 Å². The van der Waals surface area contributed by atoms with Crippen molar-refractivity contribution in [3.8, 4) is 55.9 Å². The molecule has 0 spiro atoms. The van der Waals surface area contributed by atoms with E-state index in [-0.39, 0.29) is 0 Å². The first-order chi connectivity index (χ1) is 39.5. The zero-order valence-corrected chi connectivity index (χ0v) is 44.3. The van der Waals surface area contributed by atoms with Gasteiger partial charge in [-0.1, -0.05) is 201 Å². The Morgan fingerprint density at radius 2 is 0.725 bits per heavy atom. The predicted octanol–water partition coefficient (Wildman–Crippen LogP) is 19.2. The Hall–Kier alpha value is -10.6. The molecule has 2 heterocycles. The van der Waals surface area contributed by atoms with Crippen molar-refractivity contribution in [3.05, 3.63) is 253 Å². The van der Waals surface area contributed by atoms with E-state index in [1.165, 1.54) is 21.5 Å². The smallest absolute Gasteiger partial charge is 0.0979 e. The zero-order chi connectivity index (χ0) is 53.8. The molecule has 0 aliphatic heterocycles. The molecule has 0 fully saturated rings. The molecular weight excluding hydrogens is 973 g/mol. The van der Waals surface area contributed by atoms with Gasteiger partial charge in [0.05, 0.1) is 57.2 Å². The van der Waals surface area contributed by atoms with Gasteiger partial charge in [-0.15, -0.1) is 0 Å². The van der Waals surface area contributed by atoms with Gasteiger partial charge in [0.1, 0.15) is 0 Å². The van der Waals surface area contributed by atoms with Crippen LogP contribution in [-0.4, -0.2) is 25.6 Å². The molecule has 0 unspecified atom stereocenters. The summed E-state index contributed by atoms with van der Waals surface area (Å²) in [6.07, 6.45) is 7.68. The first kappa shape index (κ1) is 47.8. The van der Waals surface area contributed by atoms with Gasteiger partial charge in [0.25, 0.3) is 0 Å². The third-order valence-electron chi connectivity index (χ3n) is 15.5. The fourth-order valence-electron chi connectivity index (χ4n) is 11.7. The molecule has 0 radical (unpaired) electrons. The van der Waals surface area contributed by atoms with Gasteiger partial charge in [-0.3, -0.25) is 15.0 Å². The van der Waals surface area contributed by atoms with Crippen LogP contribution in [-0.2, 0) is 0 Å². The molecule has 0 bridgehead atoms. The number of nitrogens with two attached hydrogens (primary N) is 1. The second-order valence-corrected chi connectivity index (χ2v) is 20.0. The molecular formula is C74H50N6. The molecule has 2 aromatic heterocycles.